The molecular weight excluding hydrogens is 188 g/mol. The van der Waals surface area contributed by atoms with E-state index in [0.717, 1.165) is 5.69 Å². The molecule has 0 saturated carbocycles. The number of aromatic amines is 1. The van der Waals surface area contributed by atoms with Crippen LogP contribution in [-0.4, -0.2) is 24.7 Å². The molecule has 0 spiro atoms. The van der Waals surface area contributed by atoms with E-state index in [1.54, 1.807) is 7.11 Å². The number of methoxy groups -OCH3 is 1. The second-order valence-corrected chi connectivity index (χ2v) is 3.75. The molecule has 2 N–H and O–H groups in total. The van der Waals surface area contributed by atoms with Crippen molar-refractivity contribution in [1.82, 2.24) is 10.3 Å². The Morgan fingerprint density at radius 3 is 3.08 bits per heavy atom. The van der Waals surface area contributed by atoms with Crippen LogP contribution in [0.5, 0.6) is 0 Å². The maximum absolute atomic E-state index is 10.8. The number of ether oxygens (including phenoxy) is 1. The van der Waals surface area contributed by atoms with Crippen molar-refractivity contribution in [2.75, 3.05) is 13.7 Å². The Labute approximate surface area is 80.9 Å². The van der Waals surface area contributed by atoms with Crippen molar-refractivity contribution in [2.24, 2.45) is 0 Å². The third-order valence-electron chi connectivity index (χ3n) is 1.63. The number of thiazole rings is 1. The topological polar surface area (TPSA) is 54.1 Å². The second-order valence-electron chi connectivity index (χ2n) is 2.91. The van der Waals surface area contributed by atoms with Crippen LogP contribution in [0.2, 0.25) is 0 Å². The highest BCUT2D eigenvalue weighted by Crippen LogP contribution is 1.95. The third-order valence-corrected chi connectivity index (χ3v) is 2.35. The summed E-state index contributed by atoms with van der Waals surface area (Å²) in [5.41, 5.74) is 0.929. The molecule has 1 rings (SSSR count). The van der Waals surface area contributed by atoms with Crippen LogP contribution >= 0.6 is 11.3 Å². The minimum atomic E-state index is -0.00352. The van der Waals surface area contributed by atoms with Gasteiger partial charge in [0.05, 0.1) is 6.61 Å². The van der Waals surface area contributed by atoms with E-state index in [1.165, 1.54) is 11.3 Å². The molecule has 4 nitrogen and oxygen atoms in total. The minimum absolute atomic E-state index is 0.00352. The lowest BCUT2D eigenvalue weighted by atomic mass is 10.3. The molecule has 13 heavy (non-hydrogen) atoms. The summed E-state index contributed by atoms with van der Waals surface area (Å²) >= 11 is 1.19. The highest BCUT2D eigenvalue weighted by molar-refractivity contribution is 7.07. The molecule has 0 aliphatic heterocycles. The summed E-state index contributed by atoms with van der Waals surface area (Å²) in [4.78, 5) is 13.5. The zero-order valence-electron chi connectivity index (χ0n) is 7.79. The smallest absolute Gasteiger partial charge is 0.304 e. The van der Waals surface area contributed by atoms with Gasteiger partial charge in [-0.25, -0.2) is 0 Å². The molecule has 1 heterocycles. The quantitative estimate of drug-likeness (QED) is 0.733. The Kier molecular flexibility index (Phi) is 4.14. The van der Waals surface area contributed by atoms with Crippen LogP contribution in [0, 0.1) is 0 Å². The number of hydrogen-bond donors (Lipinski definition) is 2. The Hall–Kier alpha value is -0.650. The predicted octanol–water partition coefficient (Wildman–Crippen LogP) is 0.561. The number of H-pyrrole nitrogens is 1. The Bertz CT molecular complexity index is 294. The van der Waals surface area contributed by atoms with Crippen molar-refractivity contribution >= 4 is 11.3 Å². The lowest BCUT2D eigenvalue weighted by molar-refractivity contribution is 0.171. The molecule has 0 bridgehead atoms. The van der Waals surface area contributed by atoms with Gasteiger partial charge < -0.3 is 15.0 Å². The van der Waals surface area contributed by atoms with Crippen molar-refractivity contribution in [3.05, 3.63) is 20.7 Å². The first-order valence-corrected chi connectivity index (χ1v) is 4.99. The molecule has 5 heteroatoms. The Balaban J connectivity index is 2.30. The lowest BCUT2D eigenvalue weighted by Crippen LogP contribution is -2.29. The molecule has 74 valence electrons. The summed E-state index contributed by atoms with van der Waals surface area (Å²) in [7, 11) is 1.67. The Morgan fingerprint density at radius 2 is 2.54 bits per heavy atom. The molecule has 1 unspecified atom stereocenters. The van der Waals surface area contributed by atoms with Crippen molar-refractivity contribution in [1.29, 1.82) is 0 Å². The first-order valence-electron chi connectivity index (χ1n) is 4.11. The summed E-state index contributed by atoms with van der Waals surface area (Å²) in [6.45, 7) is 3.39. The molecule has 0 fully saturated rings. The molecule has 0 aromatic carbocycles. The van der Waals surface area contributed by atoms with E-state index in [9.17, 15) is 4.79 Å². The van der Waals surface area contributed by atoms with Crippen molar-refractivity contribution < 1.29 is 4.74 Å². The highest BCUT2D eigenvalue weighted by Gasteiger charge is 2.01. The van der Waals surface area contributed by atoms with Gasteiger partial charge in [-0.3, -0.25) is 4.79 Å². The van der Waals surface area contributed by atoms with Crippen LogP contribution in [0.3, 0.4) is 0 Å². The predicted molar refractivity (Wildman–Crippen MR) is 53.1 cm³/mol. The van der Waals surface area contributed by atoms with E-state index >= 15 is 0 Å². The molecular formula is C8H14N2O2S. The van der Waals surface area contributed by atoms with Gasteiger partial charge in [0, 0.05) is 30.8 Å². The zero-order chi connectivity index (χ0) is 9.68. The van der Waals surface area contributed by atoms with Crippen LogP contribution in [0.1, 0.15) is 12.6 Å². The van der Waals surface area contributed by atoms with Gasteiger partial charge in [0.1, 0.15) is 0 Å². The number of nitrogens with one attached hydrogen (secondary N) is 2. The normalized spacial score (nSPS) is 13.1. The van der Waals surface area contributed by atoms with Gasteiger partial charge in [-0.15, -0.1) is 0 Å². The third kappa shape index (κ3) is 3.71. The summed E-state index contributed by atoms with van der Waals surface area (Å²) < 4.78 is 4.97. The molecule has 0 aliphatic rings. The molecule has 0 amide bonds. The first kappa shape index (κ1) is 10.4. The van der Waals surface area contributed by atoms with Crippen molar-refractivity contribution in [3.8, 4) is 0 Å². The van der Waals surface area contributed by atoms with Gasteiger partial charge in [0.25, 0.3) is 0 Å². The van der Waals surface area contributed by atoms with Gasteiger partial charge >= 0.3 is 4.87 Å². The molecule has 0 aliphatic carbocycles. The van der Waals surface area contributed by atoms with Gasteiger partial charge in [-0.05, 0) is 6.92 Å². The second kappa shape index (κ2) is 5.16. The van der Waals surface area contributed by atoms with E-state index < -0.39 is 0 Å². The highest BCUT2D eigenvalue weighted by atomic mass is 32.1. The molecule has 1 aromatic heterocycles. The Morgan fingerprint density at radius 1 is 1.77 bits per heavy atom. The van der Waals surface area contributed by atoms with E-state index in [2.05, 4.69) is 10.3 Å². The van der Waals surface area contributed by atoms with E-state index in [1.807, 2.05) is 12.3 Å². The average molecular weight is 202 g/mol. The number of hydrogen-bond acceptors (Lipinski definition) is 4. The SMILES string of the molecule is COCC(C)NCc1csc(=O)[nH]1. The largest absolute Gasteiger partial charge is 0.383 e. The molecule has 1 aromatic rings. The number of aromatic nitrogens is 1. The van der Waals surface area contributed by atoms with E-state index in [-0.39, 0.29) is 4.87 Å². The van der Waals surface area contributed by atoms with Gasteiger partial charge in [0.15, 0.2) is 0 Å². The van der Waals surface area contributed by atoms with Crippen LogP contribution in [0.15, 0.2) is 10.2 Å². The van der Waals surface area contributed by atoms with E-state index in [0.29, 0.717) is 19.2 Å². The van der Waals surface area contributed by atoms with E-state index in [4.69, 9.17) is 4.74 Å². The molecule has 1 atom stereocenters. The maximum Gasteiger partial charge on any atom is 0.304 e. The van der Waals surface area contributed by atoms with Gasteiger partial charge in [-0.2, -0.15) is 0 Å². The average Bonchev–Trinajstić information content (AvgIpc) is 2.49. The van der Waals surface area contributed by atoms with Crippen LogP contribution in [-0.2, 0) is 11.3 Å². The number of rotatable bonds is 5. The summed E-state index contributed by atoms with van der Waals surface area (Å²) in [6, 6.07) is 0.299. The maximum atomic E-state index is 10.8. The van der Waals surface area contributed by atoms with Gasteiger partial charge in [0.2, 0.25) is 0 Å². The van der Waals surface area contributed by atoms with Crippen LogP contribution < -0.4 is 10.2 Å². The fourth-order valence-electron chi connectivity index (χ4n) is 0.994. The molecule has 0 saturated heterocycles. The lowest BCUT2D eigenvalue weighted by Gasteiger charge is -2.10. The monoisotopic (exact) mass is 202 g/mol. The summed E-state index contributed by atoms with van der Waals surface area (Å²) in [5, 5.41) is 5.05. The summed E-state index contributed by atoms with van der Waals surface area (Å²) in [5.74, 6) is 0. The fourth-order valence-corrected chi connectivity index (χ4v) is 1.58. The minimum Gasteiger partial charge on any atom is -0.383 e. The van der Waals surface area contributed by atoms with Crippen LogP contribution in [0.25, 0.3) is 0 Å². The standard InChI is InChI=1S/C8H14N2O2S/c1-6(4-12-2)9-3-7-5-13-8(11)10-7/h5-6,9H,3-4H2,1-2H3,(H,10,11). The van der Waals surface area contributed by atoms with Crippen LogP contribution in [0.4, 0.5) is 0 Å². The summed E-state index contributed by atoms with van der Waals surface area (Å²) in [6.07, 6.45) is 0. The molecule has 0 radical (unpaired) electrons. The first-order chi connectivity index (χ1) is 6.22. The van der Waals surface area contributed by atoms with Crippen molar-refractivity contribution in [2.45, 2.75) is 19.5 Å². The van der Waals surface area contributed by atoms with Gasteiger partial charge in [-0.1, -0.05) is 11.3 Å². The van der Waals surface area contributed by atoms with Crippen molar-refractivity contribution in [3.63, 3.8) is 0 Å². The zero-order valence-corrected chi connectivity index (χ0v) is 8.61. The fraction of sp³-hybridized carbons (Fsp3) is 0.625.